The summed E-state index contributed by atoms with van der Waals surface area (Å²) in [5, 5.41) is 6.90. The third kappa shape index (κ3) is 3.13. The van der Waals surface area contributed by atoms with Crippen molar-refractivity contribution in [2.75, 3.05) is 11.4 Å². The molecule has 21 heavy (non-hydrogen) atoms. The van der Waals surface area contributed by atoms with Gasteiger partial charge in [0.05, 0.1) is 5.92 Å². The van der Waals surface area contributed by atoms with Gasteiger partial charge in [-0.3, -0.25) is 9.59 Å². The molecule has 1 atom stereocenters. The van der Waals surface area contributed by atoms with Gasteiger partial charge in [0.15, 0.2) is 0 Å². The second kappa shape index (κ2) is 6.10. The van der Waals surface area contributed by atoms with Crippen LogP contribution in [0, 0.1) is 5.92 Å². The number of carbonyl (C=O) groups excluding carboxylic acids is 2. The molecule has 3 rings (SSSR count). The lowest BCUT2D eigenvalue weighted by atomic mass is 10.1. The monoisotopic (exact) mass is 300 g/mol. The van der Waals surface area contributed by atoms with Gasteiger partial charge in [0, 0.05) is 25.2 Å². The molecule has 2 heterocycles. The van der Waals surface area contributed by atoms with E-state index < -0.39 is 0 Å². The van der Waals surface area contributed by atoms with Gasteiger partial charge in [-0.05, 0) is 34.5 Å². The maximum absolute atomic E-state index is 12.2. The van der Waals surface area contributed by atoms with Gasteiger partial charge in [0.25, 0.3) is 0 Å². The average Bonchev–Trinajstić information content (AvgIpc) is 3.15. The largest absolute Gasteiger partial charge is 0.352 e. The summed E-state index contributed by atoms with van der Waals surface area (Å²) in [6, 6.07) is 11.5. The summed E-state index contributed by atoms with van der Waals surface area (Å²) in [4.78, 5) is 25.9. The van der Waals surface area contributed by atoms with Gasteiger partial charge in [0.2, 0.25) is 11.8 Å². The molecule has 1 N–H and O–H groups in total. The van der Waals surface area contributed by atoms with Crippen molar-refractivity contribution in [1.29, 1.82) is 0 Å². The molecule has 1 aromatic carbocycles. The minimum absolute atomic E-state index is 0.0110. The number of benzene rings is 1. The number of rotatable bonds is 4. The van der Waals surface area contributed by atoms with E-state index in [0.29, 0.717) is 13.1 Å². The number of carbonyl (C=O) groups is 2. The molecule has 0 unspecified atom stereocenters. The number of nitrogens with zero attached hydrogens (tertiary/aromatic N) is 1. The zero-order valence-electron chi connectivity index (χ0n) is 11.5. The van der Waals surface area contributed by atoms with Crippen LogP contribution in [0.2, 0.25) is 0 Å². The number of anilines is 1. The first-order valence-electron chi connectivity index (χ1n) is 6.88. The van der Waals surface area contributed by atoms with E-state index in [1.807, 2.05) is 47.2 Å². The van der Waals surface area contributed by atoms with Crippen molar-refractivity contribution < 1.29 is 9.59 Å². The standard InChI is InChI=1S/C16H16N2O2S/c19-15-8-13(10-18(15)14-4-2-1-3-5-14)16(20)17-9-12-6-7-21-11-12/h1-7,11,13H,8-10H2,(H,17,20)/t13-/m1/s1. The van der Waals surface area contributed by atoms with Gasteiger partial charge < -0.3 is 10.2 Å². The number of nitrogens with one attached hydrogen (secondary N) is 1. The smallest absolute Gasteiger partial charge is 0.227 e. The summed E-state index contributed by atoms with van der Waals surface area (Å²) in [6.07, 6.45) is 0.282. The number of amides is 2. The van der Waals surface area contributed by atoms with Crippen LogP contribution in [-0.4, -0.2) is 18.4 Å². The van der Waals surface area contributed by atoms with Crippen molar-refractivity contribution in [3.8, 4) is 0 Å². The highest BCUT2D eigenvalue weighted by molar-refractivity contribution is 7.07. The maximum atomic E-state index is 12.2. The Morgan fingerprint density at radius 1 is 1.29 bits per heavy atom. The molecule has 0 radical (unpaired) electrons. The summed E-state index contributed by atoms with van der Waals surface area (Å²) in [5.74, 6) is -0.304. The van der Waals surface area contributed by atoms with Crippen molar-refractivity contribution in [3.63, 3.8) is 0 Å². The molecule has 0 bridgehead atoms. The fourth-order valence-corrected chi connectivity index (χ4v) is 3.14. The summed E-state index contributed by atoms with van der Waals surface area (Å²) in [5.41, 5.74) is 1.95. The Hall–Kier alpha value is -2.14. The third-order valence-corrected chi connectivity index (χ3v) is 4.34. The molecular weight excluding hydrogens is 284 g/mol. The van der Waals surface area contributed by atoms with Crippen molar-refractivity contribution in [2.45, 2.75) is 13.0 Å². The first-order valence-corrected chi connectivity index (χ1v) is 7.82. The van der Waals surface area contributed by atoms with Gasteiger partial charge in [0.1, 0.15) is 0 Å². The van der Waals surface area contributed by atoms with Gasteiger partial charge in [-0.25, -0.2) is 0 Å². The molecule has 5 heteroatoms. The summed E-state index contributed by atoms with van der Waals surface area (Å²) in [7, 11) is 0. The fourth-order valence-electron chi connectivity index (χ4n) is 2.47. The predicted octanol–water partition coefficient (Wildman–Crippen LogP) is 2.42. The molecule has 0 saturated carbocycles. The molecule has 1 aliphatic heterocycles. The Bertz CT molecular complexity index is 625. The lowest BCUT2D eigenvalue weighted by Crippen LogP contribution is -2.32. The van der Waals surface area contributed by atoms with Crippen LogP contribution < -0.4 is 10.2 Å². The zero-order valence-corrected chi connectivity index (χ0v) is 12.3. The summed E-state index contributed by atoms with van der Waals surface area (Å²) in [6.45, 7) is 0.983. The van der Waals surface area contributed by atoms with Crippen molar-refractivity contribution in [3.05, 3.63) is 52.7 Å². The van der Waals surface area contributed by atoms with E-state index in [1.165, 1.54) is 0 Å². The minimum atomic E-state index is -0.267. The Morgan fingerprint density at radius 3 is 2.81 bits per heavy atom. The number of hydrogen-bond acceptors (Lipinski definition) is 3. The van der Waals surface area contributed by atoms with Gasteiger partial charge >= 0.3 is 0 Å². The second-order valence-electron chi connectivity index (χ2n) is 5.09. The quantitative estimate of drug-likeness (QED) is 0.942. The summed E-state index contributed by atoms with van der Waals surface area (Å²) < 4.78 is 0. The molecule has 1 saturated heterocycles. The van der Waals surface area contributed by atoms with Crippen LogP contribution in [0.25, 0.3) is 0 Å². The number of para-hydroxylation sites is 1. The van der Waals surface area contributed by atoms with Gasteiger partial charge in [-0.2, -0.15) is 11.3 Å². The Labute approximate surface area is 127 Å². The molecule has 2 amide bonds. The molecule has 4 nitrogen and oxygen atoms in total. The van der Waals surface area contributed by atoms with Crippen LogP contribution in [0.1, 0.15) is 12.0 Å². The van der Waals surface area contributed by atoms with E-state index in [1.54, 1.807) is 16.2 Å². The fraction of sp³-hybridized carbons (Fsp3) is 0.250. The Kier molecular flexibility index (Phi) is 4.01. The van der Waals surface area contributed by atoms with Crippen molar-refractivity contribution in [1.82, 2.24) is 5.32 Å². The molecule has 0 spiro atoms. The molecule has 0 aliphatic carbocycles. The minimum Gasteiger partial charge on any atom is -0.352 e. The predicted molar refractivity (Wildman–Crippen MR) is 83.1 cm³/mol. The highest BCUT2D eigenvalue weighted by Crippen LogP contribution is 2.24. The van der Waals surface area contributed by atoms with E-state index in [2.05, 4.69) is 5.32 Å². The van der Waals surface area contributed by atoms with E-state index in [4.69, 9.17) is 0 Å². The molecule has 1 aromatic heterocycles. The number of hydrogen-bond donors (Lipinski definition) is 1. The molecular formula is C16H16N2O2S. The topological polar surface area (TPSA) is 49.4 Å². The van der Waals surface area contributed by atoms with Crippen molar-refractivity contribution in [2.24, 2.45) is 5.92 Å². The van der Waals surface area contributed by atoms with Gasteiger partial charge in [-0.15, -0.1) is 0 Å². The van der Waals surface area contributed by atoms with Crippen LogP contribution in [-0.2, 0) is 16.1 Å². The van der Waals surface area contributed by atoms with E-state index >= 15 is 0 Å². The highest BCUT2D eigenvalue weighted by Gasteiger charge is 2.34. The van der Waals surface area contributed by atoms with Crippen LogP contribution in [0.3, 0.4) is 0 Å². The molecule has 1 fully saturated rings. The van der Waals surface area contributed by atoms with Crippen LogP contribution in [0.5, 0.6) is 0 Å². The Morgan fingerprint density at radius 2 is 2.10 bits per heavy atom. The van der Waals surface area contributed by atoms with Gasteiger partial charge in [-0.1, -0.05) is 18.2 Å². The van der Waals surface area contributed by atoms with Crippen LogP contribution >= 0.6 is 11.3 Å². The van der Waals surface area contributed by atoms with Crippen LogP contribution in [0.4, 0.5) is 5.69 Å². The van der Waals surface area contributed by atoms with Crippen molar-refractivity contribution >= 4 is 28.8 Å². The second-order valence-corrected chi connectivity index (χ2v) is 5.87. The highest BCUT2D eigenvalue weighted by atomic mass is 32.1. The zero-order chi connectivity index (χ0) is 14.7. The van der Waals surface area contributed by atoms with E-state index in [-0.39, 0.29) is 24.2 Å². The lowest BCUT2D eigenvalue weighted by Gasteiger charge is -2.16. The summed E-state index contributed by atoms with van der Waals surface area (Å²) >= 11 is 1.61. The van der Waals surface area contributed by atoms with Crippen LogP contribution in [0.15, 0.2) is 47.2 Å². The first-order chi connectivity index (χ1) is 10.2. The lowest BCUT2D eigenvalue weighted by molar-refractivity contribution is -0.126. The maximum Gasteiger partial charge on any atom is 0.227 e. The molecule has 1 aliphatic rings. The van der Waals surface area contributed by atoms with E-state index in [0.717, 1.165) is 11.3 Å². The SMILES string of the molecule is O=C(NCc1ccsc1)[C@@H]1CC(=O)N(c2ccccc2)C1. The molecule has 2 aromatic rings. The normalized spacial score (nSPS) is 18.0. The number of thiophene rings is 1. The Balaban J connectivity index is 1.60. The average molecular weight is 300 g/mol. The third-order valence-electron chi connectivity index (χ3n) is 3.61. The first kappa shape index (κ1) is 13.8. The molecule has 108 valence electrons. The van der Waals surface area contributed by atoms with E-state index in [9.17, 15) is 9.59 Å².